The molecule has 0 spiro atoms. The van der Waals surface area contributed by atoms with Crippen LogP contribution < -0.4 is 5.32 Å². The van der Waals surface area contributed by atoms with Gasteiger partial charge >= 0.3 is 0 Å². The Bertz CT molecular complexity index is 665. The minimum atomic E-state index is -0.344. The number of benzene rings is 2. The molecular formula is C17H15ClFNO. The first kappa shape index (κ1) is 14.1. The molecule has 3 rings (SSSR count). The summed E-state index contributed by atoms with van der Waals surface area (Å²) in [6.45, 7) is 0. The second kappa shape index (κ2) is 5.49. The van der Waals surface area contributed by atoms with Crippen molar-refractivity contribution in [2.24, 2.45) is 0 Å². The van der Waals surface area contributed by atoms with Crippen LogP contribution in [0.1, 0.15) is 24.0 Å². The van der Waals surface area contributed by atoms with Gasteiger partial charge in [-0.2, -0.15) is 0 Å². The predicted molar refractivity (Wildman–Crippen MR) is 80.6 cm³/mol. The van der Waals surface area contributed by atoms with Gasteiger partial charge in [0.15, 0.2) is 0 Å². The molecule has 2 aromatic rings. The molecule has 1 aliphatic rings. The molecule has 108 valence electrons. The number of carbonyl (C=O) groups is 1. The smallest absolute Gasteiger partial charge is 0.225 e. The Morgan fingerprint density at radius 2 is 1.81 bits per heavy atom. The number of hydrogen-bond donors (Lipinski definition) is 1. The Morgan fingerprint density at radius 3 is 2.43 bits per heavy atom. The van der Waals surface area contributed by atoms with Crippen molar-refractivity contribution in [1.82, 2.24) is 5.32 Å². The predicted octanol–water partition coefficient (Wildman–Crippen LogP) is 3.83. The number of halogens is 2. The highest BCUT2D eigenvalue weighted by Gasteiger charge is 2.45. The molecule has 1 saturated carbocycles. The van der Waals surface area contributed by atoms with Gasteiger partial charge in [0.05, 0.1) is 12.0 Å². The molecule has 0 heterocycles. The average Bonchev–Trinajstić information content (AvgIpc) is 3.23. The van der Waals surface area contributed by atoms with Crippen LogP contribution in [-0.4, -0.2) is 5.91 Å². The molecule has 2 aromatic carbocycles. The highest BCUT2D eigenvalue weighted by Crippen LogP contribution is 2.45. The van der Waals surface area contributed by atoms with Crippen LogP contribution in [-0.2, 0) is 16.8 Å². The van der Waals surface area contributed by atoms with E-state index in [0.717, 1.165) is 18.4 Å². The van der Waals surface area contributed by atoms with Crippen molar-refractivity contribution < 1.29 is 9.18 Å². The number of amides is 1. The first-order chi connectivity index (χ1) is 10.1. The molecule has 21 heavy (non-hydrogen) atoms. The van der Waals surface area contributed by atoms with Crippen LogP contribution in [0.25, 0.3) is 0 Å². The lowest BCUT2D eigenvalue weighted by atomic mass is 10.0. The topological polar surface area (TPSA) is 29.1 Å². The summed E-state index contributed by atoms with van der Waals surface area (Å²) >= 11 is 5.88. The van der Waals surface area contributed by atoms with Crippen LogP contribution in [0.5, 0.6) is 0 Å². The maximum absolute atomic E-state index is 13.6. The van der Waals surface area contributed by atoms with Crippen LogP contribution in [0.2, 0.25) is 5.02 Å². The third kappa shape index (κ3) is 3.08. The molecule has 0 saturated heterocycles. The van der Waals surface area contributed by atoms with Crippen LogP contribution in [0.15, 0.2) is 48.5 Å². The van der Waals surface area contributed by atoms with Crippen molar-refractivity contribution in [2.45, 2.75) is 24.8 Å². The molecule has 0 bridgehead atoms. The zero-order chi connectivity index (χ0) is 14.9. The first-order valence-corrected chi connectivity index (χ1v) is 7.27. The molecule has 1 aliphatic carbocycles. The van der Waals surface area contributed by atoms with Gasteiger partial charge in [-0.1, -0.05) is 41.9 Å². The van der Waals surface area contributed by atoms with Gasteiger partial charge in [0.2, 0.25) is 5.91 Å². The summed E-state index contributed by atoms with van der Waals surface area (Å²) in [4.78, 5) is 12.2. The Hall–Kier alpha value is -1.87. The molecule has 0 unspecified atom stereocenters. The van der Waals surface area contributed by atoms with Gasteiger partial charge < -0.3 is 5.32 Å². The Balaban J connectivity index is 1.70. The third-order valence-corrected chi connectivity index (χ3v) is 4.09. The van der Waals surface area contributed by atoms with Gasteiger partial charge in [-0.15, -0.1) is 0 Å². The van der Waals surface area contributed by atoms with E-state index in [2.05, 4.69) is 5.32 Å². The van der Waals surface area contributed by atoms with E-state index in [1.54, 1.807) is 18.2 Å². The maximum Gasteiger partial charge on any atom is 0.225 e. The van der Waals surface area contributed by atoms with Crippen molar-refractivity contribution in [3.8, 4) is 0 Å². The summed E-state index contributed by atoms with van der Waals surface area (Å²) in [5, 5.41) is 3.70. The molecule has 0 radical (unpaired) electrons. The van der Waals surface area contributed by atoms with Crippen molar-refractivity contribution in [1.29, 1.82) is 0 Å². The molecule has 0 atom stereocenters. The fraction of sp³-hybridized carbons (Fsp3) is 0.235. The van der Waals surface area contributed by atoms with Gasteiger partial charge in [0.1, 0.15) is 5.82 Å². The van der Waals surface area contributed by atoms with Crippen molar-refractivity contribution in [3.63, 3.8) is 0 Å². The number of carbonyl (C=O) groups excluding carboxylic acids is 1. The van der Waals surface area contributed by atoms with E-state index in [1.807, 2.05) is 24.3 Å². The van der Waals surface area contributed by atoms with Crippen LogP contribution >= 0.6 is 11.6 Å². The van der Waals surface area contributed by atoms with Crippen molar-refractivity contribution in [3.05, 3.63) is 70.5 Å². The standard InChI is InChI=1S/C17H15ClFNO/c18-14-7-5-13(6-8-14)17(9-10-17)20-16(21)11-12-3-1-2-4-15(12)19/h1-8H,9-11H2,(H,20,21). The third-order valence-electron chi connectivity index (χ3n) is 3.83. The van der Waals surface area contributed by atoms with E-state index in [0.29, 0.717) is 10.6 Å². The van der Waals surface area contributed by atoms with Crippen LogP contribution in [0.4, 0.5) is 4.39 Å². The Labute approximate surface area is 127 Å². The molecule has 0 aliphatic heterocycles. The molecule has 2 nitrogen and oxygen atoms in total. The minimum Gasteiger partial charge on any atom is -0.346 e. The van der Waals surface area contributed by atoms with Crippen molar-refractivity contribution in [2.75, 3.05) is 0 Å². The quantitative estimate of drug-likeness (QED) is 0.914. The molecule has 1 N–H and O–H groups in total. The highest BCUT2D eigenvalue weighted by molar-refractivity contribution is 6.30. The van der Waals surface area contributed by atoms with E-state index in [1.165, 1.54) is 6.07 Å². The summed E-state index contributed by atoms with van der Waals surface area (Å²) in [6, 6.07) is 13.9. The lowest BCUT2D eigenvalue weighted by molar-refractivity contribution is -0.121. The summed E-state index contributed by atoms with van der Waals surface area (Å²) in [5.74, 6) is -0.503. The highest BCUT2D eigenvalue weighted by atomic mass is 35.5. The Kier molecular flexibility index (Phi) is 3.68. The zero-order valence-electron chi connectivity index (χ0n) is 11.4. The normalized spacial score (nSPS) is 15.5. The lowest BCUT2D eigenvalue weighted by Gasteiger charge is -2.18. The molecule has 0 aromatic heterocycles. The molecule has 1 fully saturated rings. The van der Waals surface area contributed by atoms with Gasteiger partial charge in [-0.3, -0.25) is 4.79 Å². The zero-order valence-corrected chi connectivity index (χ0v) is 12.2. The van der Waals surface area contributed by atoms with Crippen LogP contribution in [0, 0.1) is 5.82 Å². The summed E-state index contributed by atoms with van der Waals surface area (Å²) < 4.78 is 13.6. The molecular weight excluding hydrogens is 289 g/mol. The van der Waals surface area contributed by atoms with E-state index in [-0.39, 0.29) is 23.7 Å². The average molecular weight is 304 g/mol. The summed E-state index contributed by atoms with van der Waals surface area (Å²) in [5.41, 5.74) is 1.17. The SMILES string of the molecule is O=C(Cc1ccccc1F)NC1(c2ccc(Cl)cc2)CC1. The van der Waals surface area contributed by atoms with Gasteiger partial charge in [-0.05, 0) is 42.2 Å². The fourth-order valence-corrected chi connectivity index (χ4v) is 2.63. The van der Waals surface area contributed by atoms with Crippen molar-refractivity contribution >= 4 is 17.5 Å². The summed E-state index contributed by atoms with van der Waals surface area (Å²) in [6.07, 6.45) is 1.86. The lowest BCUT2D eigenvalue weighted by Crippen LogP contribution is -2.36. The number of nitrogens with one attached hydrogen (secondary N) is 1. The molecule has 4 heteroatoms. The second-order valence-corrected chi connectivity index (χ2v) is 5.84. The van der Waals surface area contributed by atoms with E-state index in [4.69, 9.17) is 11.6 Å². The number of rotatable bonds is 4. The second-order valence-electron chi connectivity index (χ2n) is 5.41. The van der Waals surface area contributed by atoms with Gasteiger partial charge in [-0.25, -0.2) is 4.39 Å². The van der Waals surface area contributed by atoms with E-state index >= 15 is 0 Å². The largest absolute Gasteiger partial charge is 0.346 e. The van der Waals surface area contributed by atoms with E-state index < -0.39 is 0 Å². The number of hydrogen-bond acceptors (Lipinski definition) is 1. The minimum absolute atomic E-state index is 0.0576. The maximum atomic E-state index is 13.6. The fourth-order valence-electron chi connectivity index (χ4n) is 2.51. The molecule has 1 amide bonds. The Morgan fingerprint density at radius 1 is 1.14 bits per heavy atom. The first-order valence-electron chi connectivity index (χ1n) is 6.90. The van der Waals surface area contributed by atoms with Gasteiger partial charge in [0.25, 0.3) is 0 Å². The monoisotopic (exact) mass is 303 g/mol. The van der Waals surface area contributed by atoms with E-state index in [9.17, 15) is 9.18 Å². The van der Waals surface area contributed by atoms with Crippen LogP contribution in [0.3, 0.4) is 0 Å². The summed E-state index contributed by atoms with van der Waals surface area (Å²) in [7, 11) is 0. The van der Waals surface area contributed by atoms with Gasteiger partial charge in [0, 0.05) is 5.02 Å².